The van der Waals surface area contributed by atoms with Gasteiger partial charge in [0, 0.05) is 4.88 Å². The van der Waals surface area contributed by atoms with Crippen molar-refractivity contribution in [3.05, 3.63) is 51.2 Å². The van der Waals surface area contributed by atoms with Gasteiger partial charge >= 0.3 is 5.97 Å². The van der Waals surface area contributed by atoms with E-state index in [4.69, 9.17) is 16.3 Å². The van der Waals surface area contributed by atoms with Gasteiger partial charge in [-0.05, 0) is 36.7 Å². The maximum Gasteiger partial charge on any atom is 0.338 e. The molecule has 134 valence electrons. The smallest absolute Gasteiger partial charge is 0.338 e. The number of nitrogens with one attached hydrogen (secondary N) is 2. The molecule has 0 radical (unpaired) electrons. The van der Waals surface area contributed by atoms with Crippen molar-refractivity contribution in [3.63, 3.8) is 0 Å². The van der Waals surface area contributed by atoms with Gasteiger partial charge in [-0.1, -0.05) is 17.7 Å². The van der Waals surface area contributed by atoms with Crippen molar-refractivity contribution in [1.82, 2.24) is 10.0 Å². The number of sulfonamides is 1. The molecule has 7 nitrogen and oxygen atoms in total. The van der Waals surface area contributed by atoms with E-state index in [1.807, 2.05) is 17.5 Å². The predicted octanol–water partition coefficient (Wildman–Crippen LogP) is 1.78. The molecule has 1 heterocycles. The first-order valence-corrected chi connectivity index (χ1v) is 9.77. The maximum absolute atomic E-state index is 12.0. The van der Waals surface area contributed by atoms with Gasteiger partial charge < -0.3 is 10.1 Å². The van der Waals surface area contributed by atoms with Gasteiger partial charge in [0.1, 0.15) is 4.90 Å². The molecular formula is C15H15ClN2O5S2. The summed E-state index contributed by atoms with van der Waals surface area (Å²) in [6, 6.07) is 7.43. The lowest BCUT2D eigenvalue weighted by atomic mass is 10.2. The highest BCUT2D eigenvalue weighted by molar-refractivity contribution is 7.89. The van der Waals surface area contributed by atoms with E-state index >= 15 is 0 Å². The third kappa shape index (κ3) is 5.27. The average molecular weight is 403 g/mol. The normalized spacial score (nSPS) is 11.1. The Balaban J connectivity index is 1.96. The molecule has 1 aromatic heterocycles. The zero-order valence-corrected chi connectivity index (χ0v) is 15.5. The van der Waals surface area contributed by atoms with Crippen LogP contribution in [0.25, 0.3) is 0 Å². The van der Waals surface area contributed by atoms with Crippen molar-refractivity contribution in [2.24, 2.45) is 0 Å². The minimum atomic E-state index is -3.82. The SMILES string of the molecule is CNS(=O)(=O)c1cc(C(=O)OCC(=O)NCc2cccs2)ccc1Cl. The van der Waals surface area contributed by atoms with Gasteiger partial charge in [0.05, 0.1) is 17.1 Å². The van der Waals surface area contributed by atoms with Crippen molar-refractivity contribution in [2.45, 2.75) is 11.4 Å². The maximum atomic E-state index is 12.0. The van der Waals surface area contributed by atoms with Crippen LogP contribution in [0.1, 0.15) is 15.2 Å². The second kappa shape index (κ2) is 8.43. The summed E-state index contributed by atoms with van der Waals surface area (Å²) >= 11 is 7.34. The molecule has 1 amide bonds. The van der Waals surface area contributed by atoms with E-state index in [9.17, 15) is 18.0 Å². The highest BCUT2D eigenvalue weighted by atomic mass is 35.5. The Labute approximate surface area is 154 Å². The van der Waals surface area contributed by atoms with Gasteiger partial charge in [-0.15, -0.1) is 11.3 Å². The van der Waals surface area contributed by atoms with Gasteiger partial charge in [0.2, 0.25) is 10.0 Å². The fourth-order valence-electron chi connectivity index (χ4n) is 1.81. The van der Waals surface area contributed by atoms with Gasteiger partial charge in [-0.2, -0.15) is 0 Å². The molecule has 2 N–H and O–H groups in total. The third-order valence-electron chi connectivity index (χ3n) is 3.10. The number of hydrogen-bond acceptors (Lipinski definition) is 6. The van der Waals surface area contributed by atoms with Crippen molar-refractivity contribution in [3.8, 4) is 0 Å². The molecule has 0 fully saturated rings. The summed E-state index contributed by atoms with van der Waals surface area (Å²) in [5.74, 6) is -1.28. The molecule has 0 unspecified atom stereocenters. The number of esters is 1. The van der Waals surface area contributed by atoms with Crippen LogP contribution in [0.4, 0.5) is 0 Å². The Morgan fingerprint density at radius 2 is 2.04 bits per heavy atom. The number of benzene rings is 1. The summed E-state index contributed by atoms with van der Waals surface area (Å²) in [6.45, 7) is -0.125. The number of thiophene rings is 1. The van der Waals surface area contributed by atoms with E-state index < -0.39 is 28.5 Å². The summed E-state index contributed by atoms with van der Waals surface area (Å²) in [4.78, 5) is 24.4. The monoisotopic (exact) mass is 402 g/mol. The zero-order valence-electron chi connectivity index (χ0n) is 13.1. The van der Waals surface area contributed by atoms with Crippen LogP contribution in [-0.2, 0) is 26.1 Å². The number of halogens is 1. The molecule has 0 bridgehead atoms. The van der Waals surface area contributed by atoms with Crippen LogP contribution < -0.4 is 10.0 Å². The van der Waals surface area contributed by atoms with Gasteiger partial charge in [0.15, 0.2) is 6.61 Å². The number of hydrogen-bond donors (Lipinski definition) is 2. The standard InChI is InChI=1S/C15H15ClN2O5S2/c1-17-25(21,22)13-7-10(4-5-12(13)16)15(20)23-9-14(19)18-8-11-3-2-6-24-11/h2-7,17H,8-9H2,1H3,(H,18,19). The Hall–Kier alpha value is -1.94. The second-order valence-electron chi connectivity index (χ2n) is 4.78. The van der Waals surface area contributed by atoms with Crippen molar-refractivity contribution >= 4 is 44.8 Å². The quantitative estimate of drug-likeness (QED) is 0.687. The van der Waals surface area contributed by atoms with Crippen LogP contribution in [-0.4, -0.2) is 33.9 Å². The van der Waals surface area contributed by atoms with E-state index in [0.29, 0.717) is 6.54 Å². The van der Waals surface area contributed by atoms with E-state index in [1.54, 1.807) is 0 Å². The summed E-state index contributed by atoms with van der Waals surface area (Å²) in [7, 11) is -2.59. The van der Waals surface area contributed by atoms with E-state index in [-0.39, 0.29) is 15.5 Å². The summed E-state index contributed by atoms with van der Waals surface area (Å²) in [6.07, 6.45) is 0. The van der Waals surface area contributed by atoms with Crippen molar-refractivity contribution < 1.29 is 22.7 Å². The van der Waals surface area contributed by atoms with Crippen LogP contribution in [0, 0.1) is 0 Å². The lowest BCUT2D eigenvalue weighted by molar-refractivity contribution is -0.124. The molecule has 2 rings (SSSR count). The fraction of sp³-hybridized carbons (Fsp3) is 0.200. The van der Waals surface area contributed by atoms with E-state index in [1.165, 1.54) is 30.5 Å². The number of carbonyl (C=O) groups excluding carboxylic acids is 2. The highest BCUT2D eigenvalue weighted by Crippen LogP contribution is 2.22. The van der Waals surface area contributed by atoms with Crippen LogP contribution in [0.5, 0.6) is 0 Å². The first-order chi connectivity index (χ1) is 11.8. The fourth-order valence-corrected chi connectivity index (χ4v) is 3.70. The van der Waals surface area contributed by atoms with Crippen molar-refractivity contribution in [1.29, 1.82) is 0 Å². The van der Waals surface area contributed by atoms with Crippen LogP contribution in [0.2, 0.25) is 5.02 Å². The summed E-state index contributed by atoms with van der Waals surface area (Å²) < 4.78 is 30.7. The molecule has 2 aromatic rings. The number of rotatable bonds is 7. The Bertz CT molecular complexity index is 866. The summed E-state index contributed by atoms with van der Waals surface area (Å²) in [5.41, 5.74) is -0.0238. The first kappa shape index (κ1) is 19.4. The molecule has 0 saturated heterocycles. The third-order valence-corrected chi connectivity index (χ3v) is 5.87. The van der Waals surface area contributed by atoms with E-state index in [0.717, 1.165) is 10.9 Å². The topological polar surface area (TPSA) is 102 Å². The number of ether oxygens (including phenoxy) is 1. The van der Waals surface area contributed by atoms with Crippen molar-refractivity contribution in [2.75, 3.05) is 13.7 Å². The molecule has 25 heavy (non-hydrogen) atoms. The lowest BCUT2D eigenvalue weighted by Crippen LogP contribution is -2.28. The molecule has 0 atom stereocenters. The molecule has 0 aliphatic heterocycles. The lowest BCUT2D eigenvalue weighted by Gasteiger charge is -2.09. The number of amides is 1. The van der Waals surface area contributed by atoms with Crippen LogP contribution >= 0.6 is 22.9 Å². The van der Waals surface area contributed by atoms with Gasteiger partial charge in [-0.3, -0.25) is 4.79 Å². The second-order valence-corrected chi connectivity index (χ2v) is 8.08. The van der Waals surface area contributed by atoms with Crippen LogP contribution in [0.3, 0.4) is 0 Å². The first-order valence-electron chi connectivity index (χ1n) is 7.03. The Kier molecular flexibility index (Phi) is 6.54. The Morgan fingerprint density at radius 3 is 2.68 bits per heavy atom. The average Bonchev–Trinajstić information content (AvgIpc) is 3.11. The minimum Gasteiger partial charge on any atom is -0.452 e. The minimum absolute atomic E-state index is 0.0238. The molecule has 10 heteroatoms. The number of carbonyl (C=O) groups is 2. The van der Waals surface area contributed by atoms with Crippen LogP contribution in [0.15, 0.2) is 40.6 Å². The van der Waals surface area contributed by atoms with Gasteiger partial charge in [-0.25, -0.2) is 17.9 Å². The van der Waals surface area contributed by atoms with E-state index in [2.05, 4.69) is 10.0 Å². The molecule has 0 spiro atoms. The molecular weight excluding hydrogens is 388 g/mol. The van der Waals surface area contributed by atoms with Gasteiger partial charge in [0.25, 0.3) is 5.91 Å². The largest absolute Gasteiger partial charge is 0.452 e. The highest BCUT2D eigenvalue weighted by Gasteiger charge is 2.19. The Morgan fingerprint density at radius 1 is 1.28 bits per heavy atom. The predicted molar refractivity (Wildman–Crippen MR) is 94.1 cm³/mol. The zero-order chi connectivity index (χ0) is 18.4. The summed E-state index contributed by atoms with van der Waals surface area (Å²) in [5, 5.41) is 4.47. The molecule has 0 saturated carbocycles. The molecule has 1 aromatic carbocycles. The molecule has 0 aliphatic rings. The molecule has 0 aliphatic carbocycles.